The molecule has 144 valence electrons. The molecule has 0 aliphatic heterocycles. The van der Waals surface area contributed by atoms with E-state index in [1.165, 1.54) is 0 Å². The van der Waals surface area contributed by atoms with Crippen LogP contribution in [-0.4, -0.2) is 40.3 Å². The van der Waals surface area contributed by atoms with Crippen molar-refractivity contribution < 1.29 is 14.2 Å². The summed E-state index contributed by atoms with van der Waals surface area (Å²) in [7, 11) is 3.17. The van der Waals surface area contributed by atoms with E-state index in [-0.39, 0.29) is 11.1 Å². The number of imidazole rings is 1. The molecule has 0 spiro atoms. The number of ether oxygens (including phenoxy) is 3. The molecule has 0 aliphatic carbocycles. The lowest BCUT2D eigenvalue weighted by Gasteiger charge is -2.18. The Labute approximate surface area is 169 Å². The summed E-state index contributed by atoms with van der Waals surface area (Å²) < 4.78 is 19.5. The zero-order chi connectivity index (χ0) is 19.6. The van der Waals surface area contributed by atoms with Gasteiger partial charge in [-0.3, -0.25) is 0 Å². The van der Waals surface area contributed by atoms with E-state index in [0.717, 1.165) is 16.5 Å². The average molecular weight is 457 g/mol. The van der Waals surface area contributed by atoms with Crippen LogP contribution in [0, 0.1) is 0 Å². The third-order valence-electron chi connectivity index (χ3n) is 3.87. The third-order valence-corrected chi connectivity index (χ3v) is 5.00. The van der Waals surface area contributed by atoms with Crippen molar-refractivity contribution in [1.82, 2.24) is 19.5 Å². The van der Waals surface area contributed by atoms with Gasteiger partial charge in [0.25, 0.3) is 0 Å². The Bertz CT molecular complexity index is 979. The number of rotatable bonds is 7. The molecule has 8 nitrogen and oxygen atoms in total. The van der Waals surface area contributed by atoms with Crippen LogP contribution < -0.4 is 19.9 Å². The van der Waals surface area contributed by atoms with Crippen LogP contribution in [0.5, 0.6) is 17.2 Å². The lowest BCUT2D eigenvalue weighted by molar-refractivity contribution is 0.273. The van der Waals surface area contributed by atoms with E-state index < -0.39 is 0 Å². The van der Waals surface area contributed by atoms with Gasteiger partial charge in [0.05, 0.1) is 38.2 Å². The van der Waals surface area contributed by atoms with Crippen LogP contribution in [0.3, 0.4) is 0 Å². The van der Waals surface area contributed by atoms with Crippen LogP contribution in [0.2, 0.25) is 5.15 Å². The molecule has 0 aliphatic rings. The fourth-order valence-corrected chi connectivity index (χ4v) is 3.46. The number of nitrogens with two attached hydrogens (primary N) is 1. The second-order valence-corrected chi connectivity index (χ2v) is 6.83. The van der Waals surface area contributed by atoms with Gasteiger partial charge >= 0.3 is 0 Å². The van der Waals surface area contributed by atoms with Crippen molar-refractivity contribution in [2.45, 2.75) is 19.9 Å². The highest BCUT2D eigenvalue weighted by Crippen LogP contribution is 2.45. The summed E-state index contributed by atoms with van der Waals surface area (Å²) in [5.74, 6) is 1.79. The van der Waals surface area contributed by atoms with Gasteiger partial charge in [0.15, 0.2) is 22.3 Å². The Hall–Kier alpha value is -2.26. The molecule has 0 atom stereocenters. The second kappa shape index (κ2) is 8.18. The predicted octanol–water partition coefficient (Wildman–Crippen LogP) is 3.68. The lowest BCUT2D eigenvalue weighted by Crippen LogP contribution is -2.06. The van der Waals surface area contributed by atoms with Crippen LogP contribution in [0.15, 0.2) is 16.9 Å². The molecule has 0 amide bonds. The van der Waals surface area contributed by atoms with E-state index in [0.29, 0.717) is 41.6 Å². The van der Waals surface area contributed by atoms with E-state index in [4.69, 9.17) is 31.5 Å². The van der Waals surface area contributed by atoms with Crippen LogP contribution in [0.1, 0.15) is 18.9 Å². The minimum Gasteiger partial charge on any atom is -0.493 e. The van der Waals surface area contributed by atoms with Gasteiger partial charge in [-0.05, 0) is 34.0 Å². The molecule has 0 unspecified atom stereocenters. The minimum absolute atomic E-state index is 0.0896. The molecule has 10 heteroatoms. The third kappa shape index (κ3) is 3.74. The standard InChI is InChI=1S/C17H19BrClN5O3/c1-4-5-27-13-10(25-2)6-9(11(18)14(13)26-3)7-24-8-21-12-15(19)22-17(20)23-16(12)24/h6,8H,4-5,7H2,1-3H3,(H2,20,22,23). The van der Waals surface area contributed by atoms with E-state index in [9.17, 15) is 0 Å². The molecule has 2 N–H and O–H groups in total. The second-order valence-electron chi connectivity index (χ2n) is 5.68. The zero-order valence-corrected chi connectivity index (χ0v) is 17.5. The summed E-state index contributed by atoms with van der Waals surface area (Å²) in [4.78, 5) is 12.4. The van der Waals surface area contributed by atoms with Crippen molar-refractivity contribution in [2.75, 3.05) is 26.6 Å². The highest BCUT2D eigenvalue weighted by atomic mass is 79.9. The van der Waals surface area contributed by atoms with Crippen molar-refractivity contribution in [3.8, 4) is 17.2 Å². The number of benzene rings is 1. The number of methoxy groups -OCH3 is 2. The molecular weight excluding hydrogens is 438 g/mol. The quantitative estimate of drug-likeness (QED) is 0.542. The molecule has 3 rings (SSSR count). The summed E-state index contributed by atoms with van der Waals surface area (Å²) in [5.41, 5.74) is 7.64. The maximum atomic E-state index is 6.10. The normalized spacial score (nSPS) is 11.0. The fourth-order valence-electron chi connectivity index (χ4n) is 2.66. The van der Waals surface area contributed by atoms with Crippen LogP contribution in [0.4, 0.5) is 5.95 Å². The van der Waals surface area contributed by atoms with E-state index in [1.807, 2.05) is 17.6 Å². The Kier molecular flexibility index (Phi) is 5.91. The van der Waals surface area contributed by atoms with Crippen LogP contribution >= 0.6 is 27.5 Å². The van der Waals surface area contributed by atoms with E-state index >= 15 is 0 Å². The largest absolute Gasteiger partial charge is 0.493 e. The zero-order valence-electron chi connectivity index (χ0n) is 15.1. The van der Waals surface area contributed by atoms with Gasteiger partial charge in [0.2, 0.25) is 11.7 Å². The molecular formula is C17H19BrClN5O3. The molecule has 27 heavy (non-hydrogen) atoms. The summed E-state index contributed by atoms with van der Waals surface area (Å²) in [6.07, 6.45) is 2.51. The first-order valence-electron chi connectivity index (χ1n) is 8.20. The number of hydrogen-bond donors (Lipinski definition) is 1. The number of fused-ring (bicyclic) bond motifs is 1. The number of nitrogen functional groups attached to an aromatic ring is 1. The van der Waals surface area contributed by atoms with Crippen molar-refractivity contribution in [3.63, 3.8) is 0 Å². The Morgan fingerprint density at radius 2 is 2.00 bits per heavy atom. The summed E-state index contributed by atoms with van der Waals surface area (Å²) >= 11 is 9.71. The summed E-state index contributed by atoms with van der Waals surface area (Å²) in [6.45, 7) is 3.02. The van der Waals surface area contributed by atoms with Gasteiger partial charge in [0, 0.05) is 0 Å². The van der Waals surface area contributed by atoms with Crippen molar-refractivity contribution in [3.05, 3.63) is 27.6 Å². The van der Waals surface area contributed by atoms with Crippen LogP contribution in [0.25, 0.3) is 11.2 Å². The molecule has 2 heterocycles. The Morgan fingerprint density at radius 3 is 2.67 bits per heavy atom. The first-order chi connectivity index (χ1) is 13.0. The van der Waals surface area contributed by atoms with E-state index in [2.05, 4.69) is 30.9 Å². The molecule has 0 bridgehead atoms. The summed E-state index contributed by atoms with van der Waals surface area (Å²) in [5, 5.41) is 0.216. The molecule has 3 aromatic rings. The number of hydrogen-bond acceptors (Lipinski definition) is 7. The first kappa shape index (κ1) is 19.5. The first-order valence-corrected chi connectivity index (χ1v) is 9.37. The van der Waals surface area contributed by atoms with Crippen LogP contribution in [-0.2, 0) is 6.54 Å². The number of anilines is 1. The maximum absolute atomic E-state index is 6.10. The summed E-state index contributed by atoms with van der Waals surface area (Å²) in [6, 6.07) is 1.88. The molecule has 0 radical (unpaired) electrons. The molecule has 0 saturated carbocycles. The van der Waals surface area contributed by atoms with Gasteiger partial charge in [0.1, 0.15) is 5.52 Å². The molecule has 0 fully saturated rings. The van der Waals surface area contributed by atoms with Gasteiger partial charge in [-0.25, -0.2) is 4.98 Å². The number of nitrogens with zero attached hydrogens (tertiary/aromatic N) is 4. The van der Waals surface area contributed by atoms with Crippen molar-refractivity contribution in [1.29, 1.82) is 0 Å². The van der Waals surface area contributed by atoms with Crippen molar-refractivity contribution in [2.24, 2.45) is 0 Å². The van der Waals surface area contributed by atoms with Gasteiger partial charge in [-0.2, -0.15) is 9.97 Å². The minimum atomic E-state index is 0.0896. The Balaban J connectivity index is 2.07. The SMILES string of the molecule is CCCOc1c(OC)cc(Cn2cnc3c(Cl)nc(N)nc32)c(Br)c1OC. The van der Waals surface area contributed by atoms with Crippen molar-refractivity contribution >= 4 is 44.6 Å². The average Bonchev–Trinajstić information content (AvgIpc) is 3.04. The lowest BCUT2D eigenvalue weighted by atomic mass is 10.1. The smallest absolute Gasteiger partial charge is 0.223 e. The van der Waals surface area contributed by atoms with Gasteiger partial charge < -0.3 is 24.5 Å². The number of aromatic nitrogens is 4. The Morgan fingerprint density at radius 1 is 1.22 bits per heavy atom. The highest BCUT2D eigenvalue weighted by Gasteiger charge is 2.21. The van der Waals surface area contributed by atoms with Gasteiger partial charge in [-0.15, -0.1) is 0 Å². The molecule has 1 aromatic carbocycles. The molecule has 2 aromatic heterocycles. The highest BCUT2D eigenvalue weighted by molar-refractivity contribution is 9.10. The van der Waals surface area contributed by atoms with E-state index in [1.54, 1.807) is 20.5 Å². The fraction of sp³-hybridized carbons (Fsp3) is 0.353. The number of halogens is 2. The molecule has 0 saturated heterocycles. The topological polar surface area (TPSA) is 97.3 Å². The monoisotopic (exact) mass is 455 g/mol. The maximum Gasteiger partial charge on any atom is 0.223 e. The van der Waals surface area contributed by atoms with Gasteiger partial charge in [-0.1, -0.05) is 18.5 Å². The predicted molar refractivity (Wildman–Crippen MR) is 107 cm³/mol.